The van der Waals surface area contributed by atoms with Crippen molar-refractivity contribution in [1.29, 1.82) is 0 Å². The molecule has 3 heterocycles. The zero-order valence-electron chi connectivity index (χ0n) is 30.1. The molecule has 276 valence electrons. The van der Waals surface area contributed by atoms with Crippen LogP contribution in [0.25, 0.3) is 0 Å². The Hall–Kier alpha value is -4.79. The van der Waals surface area contributed by atoms with Gasteiger partial charge < -0.3 is 45.3 Å². The van der Waals surface area contributed by atoms with E-state index in [1.54, 1.807) is 33.8 Å². The van der Waals surface area contributed by atoms with Gasteiger partial charge in [-0.1, -0.05) is 45.9 Å². The largest absolute Gasteiger partial charge is 0.507 e. The van der Waals surface area contributed by atoms with E-state index in [-0.39, 0.29) is 22.4 Å². The summed E-state index contributed by atoms with van der Waals surface area (Å²) in [5.41, 5.74) is 3.62. The second kappa shape index (κ2) is 14.8. The van der Waals surface area contributed by atoms with Gasteiger partial charge in [0.1, 0.15) is 29.0 Å². The highest BCUT2D eigenvalue weighted by Gasteiger charge is 2.52. The number of ketones is 3. The monoisotopic (exact) mass is 710 g/mol. The number of rotatable bonds is 2. The van der Waals surface area contributed by atoms with Crippen molar-refractivity contribution in [3.63, 3.8) is 0 Å². The Bertz CT molecular complexity index is 1770. The van der Waals surface area contributed by atoms with E-state index >= 15 is 0 Å². The van der Waals surface area contributed by atoms with Crippen molar-refractivity contribution in [3.8, 4) is 11.5 Å². The van der Waals surface area contributed by atoms with Crippen molar-refractivity contribution >= 4 is 29.2 Å². The SMILES string of the molecule is CO[C@H]1C=CO[C@@]2(C)Oc3c(C)c(O)c4c(c3C2=O)C(=O)C(N)=C(NC(=O)C(C)=CC=C[C@H](C)[C@H](O)[C@@H](C)[C@H](O)[C@H](C)[C@H](OC(C)=O)[C@@H]1C)C4=O. The topological polar surface area (TPSA) is 221 Å². The minimum absolute atomic E-state index is 0.0295. The second-order valence-electron chi connectivity index (χ2n) is 13.6. The highest BCUT2D eigenvalue weighted by atomic mass is 16.7. The van der Waals surface area contributed by atoms with E-state index in [1.807, 2.05) is 0 Å². The molecule has 3 aliphatic heterocycles. The van der Waals surface area contributed by atoms with Crippen molar-refractivity contribution in [2.45, 2.75) is 85.6 Å². The lowest BCUT2D eigenvalue weighted by Gasteiger charge is -2.38. The van der Waals surface area contributed by atoms with E-state index in [9.17, 15) is 39.3 Å². The highest BCUT2D eigenvalue weighted by Crippen LogP contribution is 2.48. The first-order valence-corrected chi connectivity index (χ1v) is 16.6. The first-order chi connectivity index (χ1) is 23.8. The number of amides is 1. The van der Waals surface area contributed by atoms with Crippen LogP contribution in [0.3, 0.4) is 0 Å². The Labute approximate surface area is 296 Å². The zero-order valence-corrected chi connectivity index (χ0v) is 30.1. The summed E-state index contributed by atoms with van der Waals surface area (Å²) >= 11 is 0. The molecule has 14 nitrogen and oxygen atoms in total. The number of phenolic OH excluding ortho intramolecular Hbond substituents is 1. The first kappa shape index (κ1) is 39.0. The molecule has 14 heteroatoms. The van der Waals surface area contributed by atoms with E-state index in [1.165, 1.54) is 53.0 Å². The summed E-state index contributed by atoms with van der Waals surface area (Å²) in [7, 11) is 1.41. The number of fused-ring (bicyclic) bond motifs is 14. The Morgan fingerprint density at radius 3 is 2.20 bits per heavy atom. The van der Waals surface area contributed by atoms with Crippen LogP contribution in [-0.4, -0.2) is 81.9 Å². The van der Waals surface area contributed by atoms with Gasteiger partial charge in [-0.05, 0) is 19.9 Å². The molecule has 0 spiro atoms. The van der Waals surface area contributed by atoms with Crippen LogP contribution in [0.5, 0.6) is 11.5 Å². The molecule has 0 saturated carbocycles. The number of nitrogens with one attached hydrogen (secondary N) is 1. The molecule has 1 aliphatic carbocycles. The minimum atomic E-state index is -2.08. The number of aliphatic hydroxyl groups excluding tert-OH is 2. The van der Waals surface area contributed by atoms with E-state index in [2.05, 4.69) is 5.32 Å². The van der Waals surface area contributed by atoms with Crippen LogP contribution in [0, 0.1) is 30.6 Å². The standard InChI is InChI=1S/C37H46N2O12/c1-15-11-10-12-16(2)36(47)39-27-26(38)31(44)23-24(32(27)45)30(43)20(6)34-25(23)35(46)37(8,51-34)49-14-13-22(48-9)17(3)33(50-21(7)40)19(5)29(42)18(4)28(15)41/h10-15,17-19,22,28-29,33,41-43H,38H2,1-9H3,(H,39,47)/t15-,17+,18+,19-,22-,28-,29-,33+,37-/m0/s1. The zero-order chi connectivity index (χ0) is 38.3. The molecule has 1 amide bonds. The van der Waals surface area contributed by atoms with Crippen molar-refractivity contribution in [3.05, 3.63) is 69.8 Å². The smallest absolute Gasteiger partial charge is 0.312 e. The summed E-state index contributed by atoms with van der Waals surface area (Å²) in [5, 5.41) is 36.1. The van der Waals surface area contributed by atoms with Crippen LogP contribution in [0.1, 0.15) is 85.1 Å². The Morgan fingerprint density at radius 2 is 1.59 bits per heavy atom. The molecule has 1 aromatic rings. The lowest BCUT2D eigenvalue weighted by Crippen LogP contribution is -2.46. The van der Waals surface area contributed by atoms with Crippen LogP contribution in [0.4, 0.5) is 0 Å². The van der Waals surface area contributed by atoms with Crippen molar-refractivity contribution in [2.24, 2.45) is 29.4 Å². The second-order valence-corrected chi connectivity index (χ2v) is 13.6. The molecule has 0 saturated heterocycles. The van der Waals surface area contributed by atoms with Gasteiger partial charge in [0.15, 0.2) is 0 Å². The molecule has 1 aromatic carbocycles. The van der Waals surface area contributed by atoms with Gasteiger partial charge in [0.25, 0.3) is 11.7 Å². The molecule has 0 unspecified atom stereocenters. The van der Waals surface area contributed by atoms with Gasteiger partial charge in [0.2, 0.25) is 11.6 Å². The molecule has 0 aromatic heterocycles. The highest BCUT2D eigenvalue weighted by molar-refractivity contribution is 6.32. The molecule has 4 aliphatic rings. The number of esters is 1. The molecule has 0 radical (unpaired) electrons. The quantitative estimate of drug-likeness (QED) is 0.279. The summed E-state index contributed by atoms with van der Waals surface area (Å²) in [5.74, 6) is -9.62. The lowest BCUT2D eigenvalue weighted by molar-refractivity contribution is -0.160. The van der Waals surface area contributed by atoms with Gasteiger partial charge in [-0.25, -0.2) is 0 Å². The van der Waals surface area contributed by atoms with Crippen LogP contribution >= 0.6 is 0 Å². The fourth-order valence-electron chi connectivity index (χ4n) is 6.72. The predicted octanol–water partition coefficient (Wildman–Crippen LogP) is 2.92. The third-order valence-corrected chi connectivity index (χ3v) is 9.99. The van der Waals surface area contributed by atoms with Gasteiger partial charge in [0.05, 0.1) is 41.3 Å². The molecule has 9 atom stereocenters. The average molecular weight is 711 g/mol. The summed E-state index contributed by atoms with van der Waals surface area (Å²) in [6, 6.07) is 0. The Balaban J connectivity index is 1.86. The van der Waals surface area contributed by atoms with E-state index < -0.39 is 111 Å². The van der Waals surface area contributed by atoms with Gasteiger partial charge in [-0.15, -0.1) is 0 Å². The van der Waals surface area contributed by atoms with Crippen molar-refractivity contribution < 1.29 is 58.2 Å². The van der Waals surface area contributed by atoms with Gasteiger partial charge >= 0.3 is 11.8 Å². The number of carbonyl (C=O) groups is 5. The molecule has 51 heavy (non-hydrogen) atoms. The first-order valence-electron chi connectivity index (χ1n) is 16.6. The minimum Gasteiger partial charge on any atom is -0.507 e. The van der Waals surface area contributed by atoms with Gasteiger partial charge in [-0.3, -0.25) is 24.0 Å². The predicted molar refractivity (Wildman–Crippen MR) is 182 cm³/mol. The number of allylic oxidation sites excluding steroid dienone is 4. The molecular formula is C37H46N2O12. The number of aliphatic hydroxyl groups is 2. The van der Waals surface area contributed by atoms with Crippen LogP contribution in [0.15, 0.2) is 47.5 Å². The number of nitrogens with two attached hydrogens (primary N) is 1. The number of hydrogen-bond acceptors (Lipinski definition) is 13. The van der Waals surface area contributed by atoms with Crippen LogP contribution in [-0.2, 0) is 23.8 Å². The Morgan fingerprint density at radius 1 is 0.941 bits per heavy atom. The number of hydrogen-bond donors (Lipinski definition) is 5. The average Bonchev–Trinajstić information content (AvgIpc) is 3.35. The summed E-state index contributed by atoms with van der Waals surface area (Å²) in [6.45, 7) is 12.2. The van der Waals surface area contributed by atoms with E-state index in [4.69, 9.17) is 24.7 Å². The lowest BCUT2D eigenvalue weighted by atomic mass is 9.78. The fourth-order valence-corrected chi connectivity index (χ4v) is 6.72. The van der Waals surface area contributed by atoms with E-state index in [0.717, 1.165) is 6.26 Å². The van der Waals surface area contributed by atoms with E-state index in [0.29, 0.717) is 0 Å². The third-order valence-electron chi connectivity index (χ3n) is 9.99. The number of aromatic hydroxyl groups is 1. The van der Waals surface area contributed by atoms with Crippen LogP contribution < -0.4 is 15.8 Å². The van der Waals surface area contributed by atoms with Crippen molar-refractivity contribution in [2.75, 3.05) is 7.11 Å². The summed E-state index contributed by atoms with van der Waals surface area (Å²) < 4.78 is 23.1. The fraction of sp³-hybridized carbons (Fsp3) is 0.486. The summed E-state index contributed by atoms with van der Waals surface area (Å²) in [4.78, 5) is 66.8. The molecule has 5 bridgehead atoms. The summed E-state index contributed by atoms with van der Waals surface area (Å²) in [6.07, 6.45) is 3.25. The number of ether oxygens (including phenoxy) is 4. The number of methoxy groups -OCH3 is 1. The number of carbonyl (C=O) groups excluding carboxylic acids is 5. The number of phenols is 1. The van der Waals surface area contributed by atoms with Gasteiger partial charge in [-0.2, -0.15) is 0 Å². The van der Waals surface area contributed by atoms with Crippen LogP contribution in [0.2, 0.25) is 0 Å². The third kappa shape index (κ3) is 7.08. The normalized spacial score (nSPS) is 31.9. The molecular weight excluding hydrogens is 664 g/mol. The molecule has 0 fully saturated rings. The molecule has 5 rings (SSSR count). The maximum absolute atomic E-state index is 13.9. The van der Waals surface area contributed by atoms with Crippen molar-refractivity contribution in [1.82, 2.24) is 5.32 Å². The maximum Gasteiger partial charge on any atom is 0.312 e. The number of benzene rings is 1. The molecule has 6 N–H and O–H groups in total. The Kier molecular flexibility index (Phi) is 11.3. The van der Waals surface area contributed by atoms with Gasteiger partial charge in [0, 0.05) is 55.8 Å². The number of Topliss-reactive ketones (excluding diaryl/α,β-unsaturated/α-hetero) is 3. The maximum atomic E-state index is 13.9.